The Labute approximate surface area is 103 Å². The minimum atomic E-state index is -4.42. The lowest BCUT2D eigenvalue weighted by atomic mass is 10.1. The van der Waals surface area contributed by atoms with Gasteiger partial charge in [0.25, 0.3) is 0 Å². The minimum absolute atomic E-state index is 0.00267. The average Bonchev–Trinajstić information content (AvgIpc) is 2.27. The van der Waals surface area contributed by atoms with Crippen LogP contribution in [-0.4, -0.2) is 19.1 Å². The van der Waals surface area contributed by atoms with E-state index in [4.69, 9.17) is 0 Å². The van der Waals surface area contributed by atoms with Gasteiger partial charge in [-0.25, -0.2) is 0 Å². The maximum atomic E-state index is 12.7. The number of halogens is 3. The van der Waals surface area contributed by atoms with Gasteiger partial charge in [-0.2, -0.15) is 13.2 Å². The Bertz CT molecular complexity index is 418. The topological polar surface area (TPSA) is 38.3 Å². The molecule has 1 aromatic carbocycles. The summed E-state index contributed by atoms with van der Waals surface area (Å²) in [5, 5.41) is 2.66. The molecule has 0 bridgehead atoms. The van der Waals surface area contributed by atoms with Crippen LogP contribution in [0.1, 0.15) is 18.9 Å². The molecule has 1 aromatic rings. The van der Waals surface area contributed by atoms with Gasteiger partial charge in [0.2, 0.25) is 0 Å². The van der Waals surface area contributed by atoms with Crippen molar-refractivity contribution in [3.05, 3.63) is 29.8 Å². The number of anilines is 1. The normalized spacial score (nSPS) is 12.9. The molecular weight excluding hydrogens is 247 g/mol. The summed E-state index contributed by atoms with van der Waals surface area (Å²) in [7, 11) is 1.23. The second-order valence-electron chi connectivity index (χ2n) is 3.87. The molecule has 1 unspecified atom stereocenters. The Morgan fingerprint density at radius 2 is 2.00 bits per heavy atom. The van der Waals surface area contributed by atoms with Gasteiger partial charge in [0.15, 0.2) is 0 Å². The highest BCUT2D eigenvalue weighted by Gasteiger charge is 2.33. The van der Waals surface area contributed by atoms with Crippen LogP contribution >= 0.6 is 0 Å². The molecule has 1 atom stereocenters. The Balaban J connectivity index is 2.81. The number of para-hydroxylation sites is 1. The van der Waals surface area contributed by atoms with E-state index < -0.39 is 23.8 Å². The van der Waals surface area contributed by atoms with E-state index in [-0.39, 0.29) is 12.1 Å². The van der Waals surface area contributed by atoms with Crippen molar-refractivity contribution < 1.29 is 22.7 Å². The molecule has 0 radical (unpaired) electrons. The summed E-state index contributed by atoms with van der Waals surface area (Å²) in [6.45, 7) is 1.62. The van der Waals surface area contributed by atoms with Gasteiger partial charge in [0, 0.05) is 11.7 Å². The first-order valence-corrected chi connectivity index (χ1v) is 5.34. The average molecular weight is 261 g/mol. The van der Waals surface area contributed by atoms with Crippen LogP contribution < -0.4 is 5.32 Å². The predicted molar refractivity (Wildman–Crippen MR) is 61.2 cm³/mol. The first-order valence-electron chi connectivity index (χ1n) is 5.34. The number of esters is 1. The van der Waals surface area contributed by atoms with Crippen LogP contribution in [0.4, 0.5) is 18.9 Å². The van der Waals surface area contributed by atoms with Crippen molar-refractivity contribution in [2.45, 2.75) is 25.6 Å². The van der Waals surface area contributed by atoms with E-state index in [1.807, 2.05) is 0 Å². The van der Waals surface area contributed by atoms with Gasteiger partial charge in [0.1, 0.15) is 0 Å². The van der Waals surface area contributed by atoms with E-state index in [0.717, 1.165) is 6.07 Å². The van der Waals surface area contributed by atoms with Crippen molar-refractivity contribution in [2.24, 2.45) is 0 Å². The summed E-state index contributed by atoms with van der Waals surface area (Å²) in [5.41, 5.74) is -0.789. The molecule has 18 heavy (non-hydrogen) atoms. The highest BCUT2D eigenvalue weighted by atomic mass is 19.4. The molecule has 0 saturated carbocycles. The highest BCUT2D eigenvalue weighted by Crippen LogP contribution is 2.34. The standard InChI is InChI=1S/C12H14F3NO2/c1-8(7-11(17)18-2)16-10-6-4-3-5-9(10)12(13,14)15/h3-6,8,16H,7H2,1-2H3. The Hall–Kier alpha value is -1.72. The number of rotatable bonds is 4. The molecule has 0 aliphatic carbocycles. The smallest absolute Gasteiger partial charge is 0.418 e. The third kappa shape index (κ3) is 3.94. The van der Waals surface area contributed by atoms with Crippen molar-refractivity contribution in [2.75, 3.05) is 12.4 Å². The van der Waals surface area contributed by atoms with Crippen molar-refractivity contribution >= 4 is 11.7 Å². The molecule has 0 amide bonds. The maximum absolute atomic E-state index is 12.7. The first kappa shape index (κ1) is 14.3. The van der Waals surface area contributed by atoms with Gasteiger partial charge in [-0.15, -0.1) is 0 Å². The lowest BCUT2D eigenvalue weighted by Crippen LogP contribution is -2.22. The number of benzene rings is 1. The molecule has 0 aliphatic rings. The van der Waals surface area contributed by atoms with Crippen molar-refractivity contribution in [1.82, 2.24) is 0 Å². The van der Waals surface area contributed by atoms with Crippen LogP contribution in [0.25, 0.3) is 0 Å². The first-order chi connectivity index (χ1) is 8.34. The molecule has 0 saturated heterocycles. The molecule has 0 spiro atoms. The van der Waals surface area contributed by atoms with Crippen LogP contribution in [-0.2, 0) is 15.7 Å². The van der Waals surface area contributed by atoms with Crippen LogP contribution in [0.2, 0.25) is 0 Å². The number of ether oxygens (including phenoxy) is 1. The molecule has 100 valence electrons. The van der Waals surface area contributed by atoms with Crippen molar-refractivity contribution in [3.63, 3.8) is 0 Å². The molecule has 0 aliphatic heterocycles. The highest BCUT2D eigenvalue weighted by molar-refractivity contribution is 5.70. The third-order valence-corrected chi connectivity index (χ3v) is 2.33. The van der Waals surface area contributed by atoms with E-state index in [1.54, 1.807) is 6.92 Å². The molecule has 1 N–H and O–H groups in total. The summed E-state index contributed by atoms with van der Waals surface area (Å²) in [5.74, 6) is -0.473. The number of carbonyl (C=O) groups is 1. The fourth-order valence-electron chi connectivity index (χ4n) is 1.51. The second kappa shape index (κ2) is 5.75. The lowest BCUT2D eigenvalue weighted by Gasteiger charge is -2.18. The van der Waals surface area contributed by atoms with Gasteiger partial charge in [0.05, 0.1) is 19.1 Å². The van der Waals surface area contributed by atoms with Gasteiger partial charge in [-0.1, -0.05) is 12.1 Å². The van der Waals surface area contributed by atoms with Crippen LogP contribution in [0.5, 0.6) is 0 Å². The summed E-state index contributed by atoms with van der Waals surface area (Å²) in [4.78, 5) is 11.0. The number of methoxy groups -OCH3 is 1. The maximum Gasteiger partial charge on any atom is 0.418 e. The van der Waals surface area contributed by atoms with Gasteiger partial charge in [-0.05, 0) is 19.1 Å². The number of hydrogen-bond donors (Lipinski definition) is 1. The van der Waals surface area contributed by atoms with Crippen molar-refractivity contribution in [3.8, 4) is 0 Å². The summed E-state index contributed by atoms with van der Waals surface area (Å²) < 4.78 is 42.5. The van der Waals surface area contributed by atoms with Gasteiger partial charge >= 0.3 is 12.1 Å². The number of nitrogens with one attached hydrogen (secondary N) is 1. The molecular formula is C12H14F3NO2. The fourth-order valence-corrected chi connectivity index (χ4v) is 1.51. The number of alkyl halides is 3. The lowest BCUT2D eigenvalue weighted by molar-refractivity contribution is -0.140. The molecule has 6 heteroatoms. The molecule has 0 heterocycles. The predicted octanol–water partition coefficient (Wildman–Crippen LogP) is 3.07. The summed E-state index contributed by atoms with van der Waals surface area (Å²) in [6, 6.07) is 4.70. The number of hydrogen-bond acceptors (Lipinski definition) is 3. The zero-order valence-electron chi connectivity index (χ0n) is 10.0. The quantitative estimate of drug-likeness (QED) is 0.846. The monoisotopic (exact) mass is 261 g/mol. The van der Waals surface area contributed by atoms with E-state index in [1.165, 1.54) is 25.3 Å². The Morgan fingerprint density at radius 3 is 2.56 bits per heavy atom. The Kier molecular flexibility index (Phi) is 4.58. The Morgan fingerprint density at radius 1 is 1.39 bits per heavy atom. The SMILES string of the molecule is COC(=O)CC(C)Nc1ccccc1C(F)(F)F. The van der Waals surface area contributed by atoms with Crippen LogP contribution in [0, 0.1) is 0 Å². The second-order valence-corrected chi connectivity index (χ2v) is 3.87. The molecule has 3 nitrogen and oxygen atoms in total. The van der Waals surface area contributed by atoms with E-state index in [2.05, 4.69) is 10.1 Å². The third-order valence-electron chi connectivity index (χ3n) is 2.33. The molecule has 1 rings (SSSR count). The van der Waals surface area contributed by atoms with E-state index in [0.29, 0.717) is 0 Å². The fraction of sp³-hybridized carbons (Fsp3) is 0.417. The van der Waals surface area contributed by atoms with Gasteiger partial charge in [-0.3, -0.25) is 4.79 Å². The zero-order chi connectivity index (χ0) is 13.8. The van der Waals surface area contributed by atoms with E-state index >= 15 is 0 Å². The number of carbonyl (C=O) groups excluding carboxylic acids is 1. The zero-order valence-corrected chi connectivity index (χ0v) is 10.0. The van der Waals surface area contributed by atoms with Gasteiger partial charge < -0.3 is 10.1 Å². The minimum Gasteiger partial charge on any atom is -0.469 e. The summed E-state index contributed by atoms with van der Waals surface area (Å²) >= 11 is 0. The summed E-state index contributed by atoms with van der Waals surface area (Å²) in [6.07, 6.45) is -4.42. The molecule has 0 fully saturated rings. The van der Waals surface area contributed by atoms with Crippen LogP contribution in [0.3, 0.4) is 0 Å². The van der Waals surface area contributed by atoms with Crippen LogP contribution in [0.15, 0.2) is 24.3 Å². The van der Waals surface area contributed by atoms with Crippen molar-refractivity contribution in [1.29, 1.82) is 0 Å². The molecule has 0 aromatic heterocycles. The largest absolute Gasteiger partial charge is 0.469 e. The van der Waals surface area contributed by atoms with E-state index in [9.17, 15) is 18.0 Å².